The zero-order valence-corrected chi connectivity index (χ0v) is 13.4. The van der Waals surface area contributed by atoms with E-state index >= 15 is 0 Å². The van der Waals surface area contributed by atoms with E-state index in [2.05, 4.69) is 11.2 Å². The Kier molecular flexibility index (Phi) is 6.60. The average molecular weight is 316 g/mol. The average Bonchev–Trinajstić information content (AvgIpc) is 2.55. The molecule has 1 aliphatic heterocycles. The van der Waals surface area contributed by atoms with Gasteiger partial charge in [0.2, 0.25) is 0 Å². The van der Waals surface area contributed by atoms with Gasteiger partial charge in [-0.05, 0) is 38.4 Å². The van der Waals surface area contributed by atoms with Gasteiger partial charge in [0.25, 0.3) is 5.91 Å². The Balaban J connectivity index is 1.87. The van der Waals surface area contributed by atoms with Crippen LogP contribution in [0.25, 0.3) is 0 Å². The Morgan fingerprint density at radius 2 is 2.17 bits per heavy atom. The molecule has 1 aliphatic rings. The molecule has 5 nitrogen and oxygen atoms in total. The van der Waals surface area contributed by atoms with Gasteiger partial charge in [-0.1, -0.05) is 24.1 Å². The first-order valence-corrected chi connectivity index (χ1v) is 7.91. The van der Waals surface area contributed by atoms with Crippen LogP contribution < -0.4 is 5.32 Å². The molecule has 0 spiro atoms. The number of aliphatic hydroxyl groups excluding tert-OH is 1. The van der Waals surface area contributed by atoms with E-state index in [1.807, 2.05) is 30.1 Å². The Morgan fingerprint density at radius 3 is 2.87 bits per heavy atom. The number of nitrogens with one attached hydrogen (secondary N) is 1. The molecule has 23 heavy (non-hydrogen) atoms. The second-order valence-corrected chi connectivity index (χ2v) is 5.91. The fraction of sp³-hybridized carbons (Fsp3) is 0.500. The number of aliphatic hydroxyl groups is 1. The Hall–Kier alpha value is -1.87. The maximum absolute atomic E-state index is 12.3. The number of amides is 1. The van der Waals surface area contributed by atoms with Crippen LogP contribution in [0, 0.1) is 12.3 Å². The SMILES string of the molecule is C#CCN(C)CCC1CCC(O)C(C(=O)Nc2ccccc2)O1. The molecule has 1 heterocycles. The van der Waals surface area contributed by atoms with Gasteiger partial charge in [-0.25, -0.2) is 0 Å². The molecule has 0 aliphatic carbocycles. The predicted molar refractivity (Wildman–Crippen MR) is 89.9 cm³/mol. The molecule has 1 saturated heterocycles. The van der Waals surface area contributed by atoms with Gasteiger partial charge in [-0.15, -0.1) is 6.42 Å². The fourth-order valence-electron chi connectivity index (χ4n) is 2.66. The topological polar surface area (TPSA) is 61.8 Å². The van der Waals surface area contributed by atoms with Gasteiger partial charge >= 0.3 is 0 Å². The minimum Gasteiger partial charge on any atom is -0.390 e. The third-order valence-electron chi connectivity index (χ3n) is 3.97. The quantitative estimate of drug-likeness (QED) is 0.781. The molecule has 0 saturated carbocycles. The van der Waals surface area contributed by atoms with Gasteiger partial charge in [0.15, 0.2) is 6.10 Å². The lowest BCUT2D eigenvalue weighted by Crippen LogP contribution is -2.47. The van der Waals surface area contributed by atoms with E-state index in [1.54, 1.807) is 12.1 Å². The third kappa shape index (κ3) is 5.36. The minimum absolute atomic E-state index is 0.0369. The highest BCUT2D eigenvalue weighted by atomic mass is 16.5. The van der Waals surface area contributed by atoms with Crippen molar-refractivity contribution >= 4 is 11.6 Å². The van der Waals surface area contributed by atoms with Crippen LogP contribution in [0.4, 0.5) is 5.69 Å². The number of terminal acetylenes is 1. The van der Waals surface area contributed by atoms with Gasteiger partial charge in [0, 0.05) is 12.2 Å². The van der Waals surface area contributed by atoms with Gasteiger partial charge in [-0.2, -0.15) is 0 Å². The molecule has 1 aromatic rings. The number of rotatable bonds is 6. The normalized spacial score (nSPS) is 24.2. The Morgan fingerprint density at radius 1 is 1.43 bits per heavy atom. The van der Waals surface area contributed by atoms with Gasteiger partial charge in [-0.3, -0.25) is 9.69 Å². The number of ether oxygens (including phenoxy) is 1. The summed E-state index contributed by atoms with van der Waals surface area (Å²) in [5, 5.41) is 12.9. The fourth-order valence-corrected chi connectivity index (χ4v) is 2.66. The summed E-state index contributed by atoms with van der Waals surface area (Å²) in [5.74, 6) is 2.30. The highest BCUT2D eigenvalue weighted by Gasteiger charge is 2.35. The molecule has 1 aromatic carbocycles. The van der Waals surface area contributed by atoms with Crippen LogP contribution in [0.15, 0.2) is 30.3 Å². The molecule has 3 atom stereocenters. The van der Waals surface area contributed by atoms with E-state index in [0.717, 1.165) is 19.4 Å². The van der Waals surface area contributed by atoms with Crippen molar-refractivity contribution in [1.82, 2.24) is 4.90 Å². The van der Waals surface area contributed by atoms with Crippen molar-refractivity contribution < 1.29 is 14.6 Å². The van der Waals surface area contributed by atoms with E-state index in [9.17, 15) is 9.90 Å². The number of carbonyl (C=O) groups is 1. The van der Waals surface area contributed by atoms with Crippen LogP contribution in [-0.4, -0.2) is 54.4 Å². The number of para-hydroxylation sites is 1. The van der Waals surface area contributed by atoms with Gasteiger partial charge in [0.1, 0.15) is 0 Å². The standard InChI is InChI=1S/C18H24N2O3/c1-3-12-20(2)13-11-15-9-10-16(21)17(23-15)18(22)19-14-7-5-4-6-8-14/h1,4-8,15-17,21H,9-13H2,2H3,(H,19,22). The number of carbonyl (C=O) groups excluding carboxylic acids is 1. The predicted octanol–water partition coefficient (Wildman–Crippen LogP) is 1.49. The molecule has 2 rings (SSSR count). The minimum atomic E-state index is -0.827. The van der Waals surface area contributed by atoms with Crippen molar-refractivity contribution in [3.8, 4) is 12.3 Å². The maximum atomic E-state index is 12.3. The second kappa shape index (κ2) is 8.68. The number of anilines is 1. The molecule has 0 bridgehead atoms. The van der Waals surface area contributed by atoms with Crippen molar-refractivity contribution in [2.45, 2.75) is 37.6 Å². The van der Waals surface area contributed by atoms with E-state index < -0.39 is 12.2 Å². The first kappa shape index (κ1) is 17.5. The molecule has 1 amide bonds. The highest BCUT2D eigenvalue weighted by molar-refractivity contribution is 5.94. The zero-order valence-electron chi connectivity index (χ0n) is 13.4. The third-order valence-corrected chi connectivity index (χ3v) is 3.97. The monoisotopic (exact) mass is 316 g/mol. The number of nitrogens with zero attached hydrogens (tertiary/aromatic N) is 1. The molecule has 0 radical (unpaired) electrons. The summed E-state index contributed by atoms with van der Waals surface area (Å²) in [6.45, 7) is 1.39. The summed E-state index contributed by atoms with van der Waals surface area (Å²) < 4.78 is 5.82. The smallest absolute Gasteiger partial charge is 0.256 e. The Labute approximate surface area is 137 Å². The van der Waals surface area contributed by atoms with E-state index in [4.69, 9.17) is 11.2 Å². The van der Waals surface area contributed by atoms with Gasteiger partial charge < -0.3 is 15.2 Å². The second-order valence-electron chi connectivity index (χ2n) is 5.91. The van der Waals surface area contributed by atoms with Gasteiger partial charge in [0.05, 0.1) is 18.8 Å². The maximum Gasteiger partial charge on any atom is 0.256 e. The van der Waals surface area contributed by atoms with E-state index in [-0.39, 0.29) is 12.0 Å². The zero-order chi connectivity index (χ0) is 16.7. The molecular formula is C18H24N2O3. The first-order chi connectivity index (χ1) is 11.1. The van der Waals surface area contributed by atoms with E-state index in [1.165, 1.54) is 0 Å². The first-order valence-electron chi connectivity index (χ1n) is 7.91. The molecule has 0 aromatic heterocycles. The van der Waals surface area contributed by atoms with E-state index in [0.29, 0.717) is 18.7 Å². The highest BCUT2D eigenvalue weighted by Crippen LogP contribution is 2.23. The van der Waals surface area contributed by atoms with Crippen LogP contribution in [0.3, 0.4) is 0 Å². The van der Waals surface area contributed by atoms with Crippen LogP contribution in [0.2, 0.25) is 0 Å². The number of hydrogen-bond donors (Lipinski definition) is 2. The molecule has 2 N–H and O–H groups in total. The summed E-state index contributed by atoms with van der Waals surface area (Å²) in [6, 6.07) is 9.18. The van der Waals surface area contributed by atoms with Crippen molar-refractivity contribution in [2.75, 3.05) is 25.5 Å². The van der Waals surface area contributed by atoms with Crippen molar-refractivity contribution in [3.63, 3.8) is 0 Å². The molecular weight excluding hydrogens is 292 g/mol. The Bertz CT molecular complexity index is 541. The molecule has 1 fully saturated rings. The molecule has 5 heteroatoms. The summed E-state index contributed by atoms with van der Waals surface area (Å²) in [7, 11) is 1.96. The van der Waals surface area contributed by atoms with Crippen LogP contribution >= 0.6 is 0 Å². The van der Waals surface area contributed by atoms with Crippen LogP contribution in [0.1, 0.15) is 19.3 Å². The van der Waals surface area contributed by atoms with Crippen LogP contribution in [0.5, 0.6) is 0 Å². The summed E-state index contributed by atoms with van der Waals surface area (Å²) in [5.41, 5.74) is 0.698. The molecule has 3 unspecified atom stereocenters. The van der Waals surface area contributed by atoms with Crippen molar-refractivity contribution in [2.24, 2.45) is 0 Å². The summed E-state index contributed by atoms with van der Waals surface area (Å²) in [6.07, 6.45) is 5.76. The summed E-state index contributed by atoms with van der Waals surface area (Å²) in [4.78, 5) is 14.4. The number of hydrogen-bond acceptors (Lipinski definition) is 4. The largest absolute Gasteiger partial charge is 0.390 e. The lowest BCUT2D eigenvalue weighted by atomic mass is 9.98. The van der Waals surface area contributed by atoms with Crippen molar-refractivity contribution in [1.29, 1.82) is 0 Å². The lowest BCUT2D eigenvalue weighted by Gasteiger charge is -2.33. The number of benzene rings is 1. The molecule has 124 valence electrons. The lowest BCUT2D eigenvalue weighted by molar-refractivity contribution is -0.153. The van der Waals surface area contributed by atoms with Crippen molar-refractivity contribution in [3.05, 3.63) is 30.3 Å². The van der Waals surface area contributed by atoms with Crippen LogP contribution in [-0.2, 0) is 9.53 Å². The summed E-state index contributed by atoms with van der Waals surface area (Å²) >= 11 is 0.